The second-order valence-electron chi connectivity index (χ2n) is 4.13. The minimum absolute atomic E-state index is 0.103. The Bertz CT molecular complexity index is 397. The molecule has 0 saturated heterocycles. The minimum atomic E-state index is -0.249. The predicted molar refractivity (Wildman–Crippen MR) is 67.8 cm³/mol. The van der Waals surface area contributed by atoms with E-state index in [2.05, 4.69) is 42.1 Å². The summed E-state index contributed by atoms with van der Waals surface area (Å²) >= 11 is 6.56. The number of azo groups is 1. The molecule has 0 aliphatic heterocycles. The van der Waals surface area contributed by atoms with E-state index in [-0.39, 0.29) is 11.3 Å². The van der Waals surface area contributed by atoms with Gasteiger partial charge in [-0.15, -0.1) is 0 Å². The van der Waals surface area contributed by atoms with Crippen LogP contribution in [0.4, 0.5) is 5.69 Å². The Morgan fingerprint density at radius 1 is 1.20 bits per heavy atom. The molecule has 1 aromatic rings. The van der Waals surface area contributed by atoms with Crippen molar-refractivity contribution in [2.24, 2.45) is 10.2 Å². The quantitative estimate of drug-likeness (QED) is 0.736. The molecular formula is C10H12Br2N2O. The summed E-state index contributed by atoms with van der Waals surface area (Å²) in [4.78, 5) is 0. The molecule has 82 valence electrons. The molecule has 0 unspecified atom stereocenters. The highest BCUT2D eigenvalue weighted by Crippen LogP contribution is 2.37. The fraction of sp³-hybridized carbons (Fsp3) is 0.400. The van der Waals surface area contributed by atoms with Gasteiger partial charge in [0.2, 0.25) is 0 Å². The number of phenolic OH excluding ortho intramolecular Hbond substituents is 1. The normalized spacial score (nSPS) is 12.3. The van der Waals surface area contributed by atoms with Gasteiger partial charge >= 0.3 is 0 Å². The van der Waals surface area contributed by atoms with Gasteiger partial charge in [-0.2, -0.15) is 10.2 Å². The molecule has 0 aliphatic rings. The van der Waals surface area contributed by atoms with Gasteiger partial charge in [0.1, 0.15) is 5.69 Å². The molecule has 0 fully saturated rings. The lowest BCUT2D eigenvalue weighted by molar-refractivity contribution is 0.471. The second kappa shape index (κ2) is 4.61. The molecule has 0 aromatic heterocycles. The number of benzene rings is 1. The van der Waals surface area contributed by atoms with Crippen molar-refractivity contribution in [3.63, 3.8) is 0 Å². The van der Waals surface area contributed by atoms with Crippen LogP contribution in [0.3, 0.4) is 0 Å². The summed E-state index contributed by atoms with van der Waals surface area (Å²) in [6.07, 6.45) is 0. The van der Waals surface area contributed by atoms with Crippen LogP contribution in [0.15, 0.2) is 31.3 Å². The van der Waals surface area contributed by atoms with E-state index in [4.69, 9.17) is 0 Å². The zero-order chi connectivity index (χ0) is 11.6. The van der Waals surface area contributed by atoms with Crippen LogP contribution in [0.5, 0.6) is 5.75 Å². The number of hydrogen-bond acceptors (Lipinski definition) is 3. The lowest BCUT2D eigenvalue weighted by Crippen LogP contribution is -2.07. The maximum absolute atomic E-state index is 9.70. The number of phenols is 1. The molecule has 1 aromatic carbocycles. The van der Waals surface area contributed by atoms with E-state index in [9.17, 15) is 5.11 Å². The average molecular weight is 336 g/mol. The number of hydrogen-bond donors (Lipinski definition) is 1. The van der Waals surface area contributed by atoms with Crippen LogP contribution >= 0.6 is 31.9 Å². The third-order valence-corrected chi connectivity index (χ3v) is 2.53. The fourth-order valence-corrected chi connectivity index (χ4v) is 2.04. The summed E-state index contributed by atoms with van der Waals surface area (Å²) in [7, 11) is 0. The molecule has 0 bridgehead atoms. The number of rotatable bonds is 1. The Morgan fingerprint density at radius 2 is 1.80 bits per heavy atom. The van der Waals surface area contributed by atoms with Crippen molar-refractivity contribution in [2.45, 2.75) is 26.3 Å². The molecule has 0 heterocycles. The van der Waals surface area contributed by atoms with Crippen molar-refractivity contribution < 1.29 is 5.11 Å². The third kappa shape index (κ3) is 3.91. The Morgan fingerprint density at radius 3 is 2.33 bits per heavy atom. The van der Waals surface area contributed by atoms with Crippen molar-refractivity contribution >= 4 is 37.5 Å². The summed E-state index contributed by atoms with van der Waals surface area (Å²) in [5.41, 5.74) is 0.201. The minimum Gasteiger partial charge on any atom is -0.505 e. The first-order valence-electron chi connectivity index (χ1n) is 4.40. The molecule has 3 nitrogen and oxygen atoms in total. The van der Waals surface area contributed by atoms with Crippen molar-refractivity contribution in [1.82, 2.24) is 0 Å². The van der Waals surface area contributed by atoms with Crippen molar-refractivity contribution in [3.05, 3.63) is 21.1 Å². The van der Waals surface area contributed by atoms with Gasteiger partial charge in [0.25, 0.3) is 0 Å². The molecule has 0 aliphatic carbocycles. The maximum Gasteiger partial charge on any atom is 0.157 e. The largest absolute Gasteiger partial charge is 0.505 e. The molecule has 5 heteroatoms. The van der Waals surface area contributed by atoms with Gasteiger partial charge in [-0.25, -0.2) is 0 Å². The van der Waals surface area contributed by atoms with Crippen LogP contribution in [0.2, 0.25) is 0 Å². The lowest BCUT2D eigenvalue weighted by atomic mass is 10.1. The Hall–Kier alpha value is -0.420. The lowest BCUT2D eigenvalue weighted by Gasteiger charge is -2.09. The number of nitrogens with zero attached hydrogens (tertiary/aromatic N) is 2. The molecule has 0 amide bonds. The van der Waals surface area contributed by atoms with Gasteiger partial charge in [0.05, 0.1) is 10.0 Å². The van der Waals surface area contributed by atoms with Gasteiger partial charge in [-0.1, -0.05) is 15.9 Å². The van der Waals surface area contributed by atoms with Crippen LogP contribution in [-0.2, 0) is 0 Å². The van der Waals surface area contributed by atoms with Gasteiger partial charge in [0, 0.05) is 4.47 Å². The summed E-state index contributed by atoms with van der Waals surface area (Å²) < 4.78 is 1.44. The van der Waals surface area contributed by atoms with Crippen LogP contribution in [0.1, 0.15) is 20.8 Å². The van der Waals surface area contributed by atoms with Crippen LogP contribution < -0.4 is 0 Å². The van der Waals surface area contributed by atoms with Gasteiger partial charge in [-0.05, 0) is 48.8 Å². The first-order chi connectivity index (χ1) is 6.79. The molecule has 0 radical (unpaired) electrons. The molecule has 15 heavy (non-hydrogen) atoms. The van der Waals surface area contributed by atoms with Gasteiger partial charge in [-0.3, -0.25) is 0 Å². The van der Waals surface area contributed by atoms with Crippen LogP contribution in [0, 0.1) is 0 Å². The standard InChI is InChI=1S/C10H12Br2N2O/c1-10(2,3)14-13-8-5-6(11)4-7(12)9(8)15/h4-5,15H,1-3H3. The smallest absolute Gasteiger partial charge is 0.157 e. The van der Waals surface area contributed by atoms with E-state index >= 15 is 0 Å². The summed E-state index contributed by atoms with van der Waals surface area (Å²) in [5, 5.41) is 17.8. The first-order valence-corrected chi connectivity index (χ1v) is 5.99. The third-order valence-electron chi connectivity index (χ3n) is 1.47. The van der Waals surface area contributed by atoms with Crippen LogP contribution in [0.25, 0.3) is 0 Å². The highest BCUT2D eigenvalue weighted by Gasteiger charge is 2.10. The zero-order valence-electron chi connectivity index (χ0n) is 8.75. The number of halogens is 2. The molecule has 1 rings (SSSR count). The van der Waals surface area contributed by atoms with Crippen molar-refractivity contribution in [3.8, 4) is 5.75 Å². The van der Waals surface area contributed by atoms with E-state index in [1.807, 2.05) is 20.8 Å². The second-order valence-corrected chi connectivity index (χ2v) is 5.90. The molecule has 0 saturated carbocycles. The Balaban J connectivity index is 3.10. The topological polar surface area (TPSA) is 45.0 Å². The van der Waals surface area contributed by atoms with Crippen LogP contribution in [-0.4, -0.2) is 10.6 Å². The summed E-state index contributed by atoms with van der Waals surface area (Å²) in [6.45, 7) is 5.84. The maximum atomic E-state index is 9.70. The SMILES string of the molecule is CC(C)(C)N=Nc1cc(Br)cc(Br)c1O. The summed E-state index contributed by atoms with van der Waals surface area (Å²) in [5.74, 6) is 0.103. The Kier molecular flexibility index (Phi) is 3.89. The molecule has 0 spiro atoms. The number of aromatic hydroxyl groups is 1. The summed E-state index contributed by atoms with van der Waals surface area (Å²) in [6, 6.07) is 3.47. The van der Waals surface area contributed by atoms with E-state index in [1.165, 1.54) is 0 Å². The fourth-order valence-electron chi connectivity index (χ4n) is 0.832. The molecule has 1 N–H and O–H groups in total. The van der Waals surface area contributed by atoms with Gasteiger partial charge < -0.3 is 5.11 Å². The predicted octanol–water partition coefficient (Wildman–Crippen LogP) is 4.80. The highest BCUT2D eigenvalue weighted by molar-refractivity contribution is 9.11. The van der Waals surface area contributed by atoms with E-state index < -0.39 is 0 Å². The van der Waals surface area contributed by atoms with E-state index in [0.717, 1.165) is 4.47 Å². The van der Waals surface area contributed by atoms with E-state index in [0.29, 0.717) is 10.2 Å². The van der Waals surface area contributed by atoms with Gasteiger partial charge in [0.15, 0.2) is 5.75 Å². The monoisotopic (exact) mass is 334 g/mol. The Labute approximate surface area is 106 Å². The molecule has 0 atom stereocenters. The van der Waals surface area contributed by atoms with Crippen molar-refractivity contribution in [2.75, 3.05) is 0 Å². The van der Waals surface area contributed by atoms with Crippen molar-refractivity contribution in [1.29, 1.82) is 0 Å². The zero-order valence-corrected chi connectivity index (χ0v) is 11.9. The highest BCUT2D eigenvalue weighted by atomic mass is 79.9. The first kappa shape index (κ1) is 12.6. The van der Waals surface area contributed by atoms with E-state index in [1.54, 1.807) is 12.1 Å². The molecular weight excluding hydrogens is 324 g/mol. The average Bonchev–Trinajstić information content (AvgIpc) is 2.07.